The quantitative estimate of drug-likeness (QED) is 0.627. The van der Waals surface area contributed by atoms with Crippen LogP contribution in [0.1, 0.15) is 66.7 Å². The Morgan fingerprint density at radius 3 is 2.29 bits per heavy atom. The lowest BCUT2D eigenvalue weighted by Crippen LogP contribution is -2.51. The molecule has 140 valence electrons. The molecule has 0 saturated carbocycles. The van der Waals surface area contributed by atoms with E-state index in [4.69, 9.17) is 0 Å². The molecular formula is C20H36F2N2. The summed E-state index contributed by atoms with van der Waals surface area (Å²) >= 11 is 0. The lowest BCUT2D eigenvalue weighted by molar-refractivity contribution is 0.0557. The second-order valence-corrected chi connectivity index (χ2v) is 7.46. The predicted octanol–water partition coefficient (Wildman–Crippen LogP) is 5.28. The molecule has 4 heteroatoms. The zero-order valence-electron chi connectivity index (χ0n) is 16.1. The van der Waals surface area contributed by atoms with Gasteiger partial charge in [0.05, 0.1) is 5.70 Å². The minimum atomic E-state index is -2.77. The maximum atomic E-state index is 13.2. The van der Waals surface area contributed by atoms with E-state index in [0.717, 1.165) is 26.4 Å². The molecule has 2 aliphatic rings. The third-order valence-corrected chi connectivity index (χ3v) is 4.97. The number of nitrogens with one attached hydrogen (secondary N) is 2. The summed E-state index contributed by atoms with van der Waals surface area (Å²) in [6.45, 7) is 12.4. The summed E-state index contributed by atoms with van der Waals surface area (Å²) < 4.78 is 26.5. The summed E-state index contributed by atoms with van der Waals surface area (Å²) in [5.41, 5.74) is 1.77. The highest BCUT2D eigenvalue weighted by Gasteiger charge is 2.32. The normalized spacial score (nSPS) is 20.6. The van der Waals surface area contributed by atoms with Crippen molar-refractivity contribution in [2.24, 2.45) is 11.3 Å². The van der Waals surface area contributed by atoms with Gasteiger partial charge < -0.3 is 10.6 Å². The lowest BCUT2D eigenvalue weighted by atomic mass is 9.76. The number of allylic oxidation sites excluding steroid dienone is 3. The van der Waals surface area contributed by atoms with Crippen molar-refractivity contribution in [2.75, 3.05) is 19.6 Å². The van der Waals surface area contributed by atoms with Gasteiger partial charge in [-0.15, -0.1) is 0 Å². The van der Waals surface area contributed by atoms with Gasteiger partial charge in [0.2, 0.25) is 0 Å². The minimum Gasteiger partial charge on any atom is -0.380 e. The van der Waals surface area contributed by atoms with E-state index in [9.17, 15) is 8.78 Å². The van der Waals surface area contributed by atoms with Gasteiger partial charge in [0.1, 0.15) is 0 Å². The Labute approximate surface area is 147 Å². The van der Waals surface area contributed by atoms with Crippen molar-refractivity contribution in [3.05, 3.63) is 23.4 Å². The van der Waals surface area contributed by atoms with Crippen LogP contribution in [0.5, 0.6) is 0 Å². The molecule has 0 aromatic carbocycles. The van der Waals surface area contributed by atoms with Crippen LogP contribution in [0.25, 0.3) is 0 Å². The van der Waals surface area contributed by atoms with Gasteiger partial charge in [-0.25, -0.2) is 8.78 Å². The molecule has 1 fully saturated rings. The maximum absolute atomic E-state index is 13.2. The number of dihydropyridines is 1. The van der Waals surface area contributed by atoms with Gasteiger partial charge in [0.25, 0.3) is 5.92 Å². The molecule has 0 bridgehead atoms. The number of alkyl halides is 2. The maximum Gasteiger partial charge on any atom is 0.284 e. The fourth-order valence-electron chi connectivity index (χ4n) is 3.38. The first kappa shape index (κ1) is 21.1. The van der Waals surface area contributed by atoms with Gasteiger partial charge >= 0.3 is 0 Å². The average Bonchev–Trinajstić information content (AvgIpc) is 2.52. The molecule has 1 saturated heterocycles. The van der Waals surface area contributed by atoms with Gasteiger partial charge in [-0.2, -0.15) is 0 Å². The molecule has 0 aromatic heterocycles. The van der Waals surface area contributed by atoms with Crippen LogP contribution in [0.15, 0.2) is 23.4 Å². The second-order valence-electron chi connectivity index (χ2n) is 7.46. The molecule has 0 amide bonds. The Hall–Kier alpha value is -0.900. The number of hydrogen-bond donors (Lipinski definition) is 2. The predicted molar refractivity (Wildman–Crippen MR) is 99.4 cm³/mol. The minimum absolute atomic E-state index is 0.0383. The van der Waals surface area contributed by atoms with Crippen LogP contribution >= 0.6 is 0 Å². The molecule has 1 unspecified atom stereocenters. The Kier molecular flexibility index (Phi) is 8.41. The first-order valence-electron chi connectivity index (χ1n) is 9.55. The summed E-state index contributed by atoms with van der Waals surface area (Å²) in [7, 11) is 0. The molecule has 2 nitrogen and oxygen atoms in total. The van der Waals surface area contributed by atoms with Crippen LogP contribution in [-0.4, -0.2) is 25.6 Å². The highest BCUT2D eigenvalue weighted by Crippen LogP contribution is 2.33. The van der Waals surface area contributed by atoms with Crippen LogP contribution < -0.4 is 10.6 Å². The zero-order valence-corrected chi connectivity index (χ0v) is 16.1. The topological polar surface area (TPSA) is 24.1 Å². The van der Waals surface area contributed by atoms with Crippen molar-refractivity contribution in [3.63, 3.8) is 0 Å². The zero-order chi connectivity index (χ0) is 18.2. The van der Waals surface area contributed by atoms with Crippen molar-refractivity contribution >= 4 is 0 Å². The molecule has 2 N–H and O–H groups in total. The van der Waals surface area contributed by atoms with Crippen LogP contribution in [0.3, 0.4) is 0 Å². The van der Waals surface area contributed by atoms with E-state index in [1.54, 1.807) is 6.08 Å². The summed E-state index contributed by atoms with van der Waals surface area (Å²) in [5, 5.41) is 6.24. The Morgan fingerprint density at radius 2 is 1.88 bits per heavy atom. The van der Waals surface area contributed by atoms with Crippen LogP contribution in [0.4, 0.5) is 8.78 Å². The monoisotopic (exact) mass is 342 g/mol. The highest BCUT2D eigenvalue weighted by molar-refractivity contribution is 5.27. The van der Waals surface area contributed by atoms with Gasteiger partial charge in [0.15, 0.2) is 0 Å². The van der Waals surface area contributed by atoms with Crippen molar-refractivity contribution in [1.82, 2.24) is 10.6 Å². The van der Waals surface area contributed by atoms with Gasteiger partial charge in [0, 0.05) is 26.6 Å². The molecule has 2 aliphatic heterocycles. The largest absolute Gasteiger partial charge is 0.380 e. The molecule has 0 aromatic rings. The molecule has 2 rings (SSSR count). The van der Waals surface area contributed by atoms with Gasteiger partial charge in [-0.1, -0.05) is 52.2 Å². The Bertz CT molecular complexity index is 431. The summed E-state index contributed by atoms with van der Waals surface area (Å²) in [6.07, 6.45) is 9.40. The molecular weight excluding hydrogens is 306 g/mol. The smallest absolute Gasteiger partial charge is 0.284 e. The summed E-state index contributed by atoms with van der Waals surface area (Å²) in [6, 6.07) is 0. The number of rotatable bonds is 8. The van der Waals surface area contributed by atoms with Crippen molar-refractivity contribution in [3.8, 4) is 0 Å². The number of hydrogen-bond acceptors (Lipinski definition) is 2. The van der Waals surface area contributed by atoms with Crippen LogP contribution in [0.2, 0.25) is 0 Å². The van der Waals surface area contributed by atoms with Gasteiger partial charge in [-0.3, -0.25) is 0 Å². The van der Waals surface area contributed by atoms with E-state index in [1.807, 2.05) is 19.9 Å². The first-order chi connectivity index (χ1) is 11.3. The molecule has 0 spiro atoms. The standard InChI is InChI=1S/C18H30F2N2.C2H6/c1-4-5-14(8-9-17(2)12-21-13-17)10-15-6-7-16(22-11-15)18(3,19)20;1-2/h6-7,14,21-22H,4-5,8-13H2,1-3H3;1-2H3. The third-order valence-electron chi connectivity index (χ3n) is 4.97. The van der Waals surface area contributed by atoms with E-state index in [1.165, 1.54) is 31.3 Å². The Balaban J connectivity index is 0.00000139. The summed E-state index contributed by atoms with van der Waals surface area (Å²) in [4.78, 5) is 0. The van der Waals surface area contributed by atoms with Crippen molar-refractivity contribution in [2.45, 2.75) is 72.6 Å². The molecule has 1 atom stereocenters. The molecule has 0 aliphatic carbocycles. The molecule has 0 radical (unpaired) electrons. The fraction of sp³-hybridized carbons (Fsp3) is 0.800. The number of halogens is 2. The average molecular weight is 343 g/mol. The SMILES string of the molecule is CC.CCCC(CCC1(C)CNC1)CC1=CC=C(C(C)(F)F)NC1. The van der Waals surface area contributed by atoms with Crippen LogP contribution in [-0.2, 0) is 0 Å². The second kappa shape index (κ2) is 9.55. The van der Waals surface area contributed by atoms with E-state index in [0.29, 0.717) is 17.9 Å². The van der Waals surface area contributed by atoms with Crippen LogP contribution in [0, 0.1) is 11.3 Å². The first-order valence-corrected chi connectivity index (χ1v) is 9.55. The molecule has 24 heavy (non-hydrogen) atoms. The van der Waals surface area contributed by atoms with E-state index < -0.39 is 5.92 Å². The third kappa shape index (κ3) is 6.54. The molecule has 2 heterocycles. The lowest BCUT2D eigenvalue weighted by Gasteiger charge is -2.40. The summed E-state index contributed by atoms with van der Waals surface area (Å²) in [5.74, 6) is -2.09. The Morgan fingerprint density at radius 1 is 1.21 bits per heavy atom. The van der Waals surface area contributed by atoms with E-state index in [-0.39, 0.29) is 5.70 Å². The van der Waals surface area contributed by atoms with E-state index in [2.05, 4.69) is 24.5 Å². The fourth-order valence-corrected chi connectivity index (χ4v) is 3.38. The van der Waals surface area contributed by atoms with Crippen molar-refractivity contribution < 1.29 is 8.78 Å². The van der Waals surface area contributed by atoms with Gasteiger partial charge in [-0.05, 0) is 36.7 Å². The van der Waals surface area contributed by atoms with Crippen molar-refractivity contribution in [1.29, 1.82) is 0 Å². The highest BCUT2D eigenvalue weighted by atomic mass is 19.3. The van der Waals surface area contributed by atoms with E-state index >= 15 is 0 Å².